The molecule has 6 heteroatoms. The molecule has 2 rings (SSSR count). The summed E-state index contributed by atoms with van der Waals surface area (Å²) in [5.74, 6) is -3.26. The summed E-state index contributed by atoms with van der Waals surface area (Å²) >= 11 is 0. The molecule has 1 aromatic carbocycles. The van der Waals surface area contributed by atoms with Crippen molar-refractivity contribution in [1.82, 2.24) is 9.88 Å². The van der Waals surface area contributed by atoms with Crippen molar-refractivity contribution >= 4 is 11.9 Å². The topological polar surface area (TPSA) is 90.7 Å². The molecule has 1 aromatic heterocycles. The third kappa shape index (κ3) is 7.02. The lowest BCUT2D eigenvalue weighted by atomic mass is 9.92. The van der Waals surface area contributed by atoms with Gasteiger partial charge in [0, 0.05) is 17.8 Å². The Morgan fingerprint density at radius 3 is 2.04 bits per heavy atom. The van der Waals surface area contributed by atoms with Crippen LogP contribution in [0.4, 0.5) is 0 Å². The van der Waals surface area contributed by atoms with Gasteiger partial charge in [-0.1, -0.05) is 36.4 Å². The number of carboxylic acids is 2. The molecule has 0 radical (unpaired) electrons. The van der Waals surface area contributed by atoms with E-state index in [-0.39, 0.29) is 0 Å². The summed E-state index contributed by atoms with van der Waals surface area (Å²) in [7, 11) is 4.22. The van der Waals surface area contributed by atoms with Gasteiger partial charge in [0.2, 0.25) is 0 Å². The highest BCUT2D eigenvalue weighted by atomic mass is 16.4. The van der Waals surface area contributed by atoms with Gasteiger partial charge in [0.05, 0.1) is 0 Å². The Morgan fingerprint density at radius 2 is 1.58 bits per heavy atom. The van der Waals surface area contributed by atoms with E-state index in [1.807, 2.05) is 12.3 Å². The summed E-state index contributed by atoms with van der Waals surface area (Å²) in [5, 5.41) is 14.8. The first-order valence-electron chi connectivity index (χ1n) is 7.48. The van der Waals surface area contributed by atoms with E-state index in [0.29, 0.717) is 5.92 Å². The number of pyridine rings is 1. The molecule has 2 aromatic rings. The van der Waals surface area contributed by atoms with E-state index in [1.54, 1.807) is 0 Å². The summed E-state index contributed by atoms with van der Waals surface area (Å²) in [6, 6.07) is 16.8. The molecule has 2 N–H and O–H groups in total. The van der Waals surface area contributed by atoms with Crippen LogP contribution in [0.2, 0.25) is 0 Å². The minimum Gasteiger partial charge on any atom is -0.473 e. The molecule has 1 atom stereocenters. The van der Waals surface area contributed by atoms with Gasteiger partial charge in [0.25, 0.3) is 0 Å². The van der Waals surface area contributed by atoms with Crippen molar-refractivity contribution in [3.63, 3.8) is 0 Å². The van der Waals surface area contributed by atoms with E-state index >= 15 is 0 Å². The number of hydrogen-bond donors (Lipinski definition) is 2. The molecule has 0 unspecified atom stereocenters. The van der Waals surface area contributed by atoms with Crippen molar-refractivity contribution in [2.75, 3.05) is 20.6 Å². The van der Waals surface area contributed by atoms with Crippen LogP contribution >= 0.6 is 0 Å². The fraction of sp³-hybridized carbons (Fsp3) is 0.278. The summed E-state index contributed by atoms with van der Waals surface area (Å²) < 4.78 is 0. The first-order valence-corrected chi connectivity index (χ1v) is 7.48. The van der Waals surface area contributed by atoms with Crippen LogP contribution in [0, 0.1) is 0 Å². The van der Waals surface area contributed by atoms with Gasteiger partial charge in [-0.15, -0.1) is 0 Å². The zero-order valence-corrected chi connectivity index (χ0v) is 13.8. The molecule has 24 heavy (non-hydrogen) atoms. The molecule has 0 saturated carbocycles. The van der Waals surface area contributed by atoms with Gasteiger partial charge in [0.1, 0.15) is 0 Å². The van der Waals surface area contributed by atoms with Gasteiger partial charge < -0.3 is 15.1 Å². The van der Waals surface area contributed by atoms with Gasteiger partial charge in [-0.3, -0.25) is 4.98 Å². The third-order valence-electron chi connectivity index (χ3n) is 3.29. The zero-order valence-electron chi connectivity index (χ0n) is 13.8. The van der Waals surface area contributed by atoms with E-state index in [9.17, 15) is 0 Å². The van der Waals surface area contributed by atoms with Crippen LogP contribution in [0.3, 0.4) is 0 Å². The number of nitrogens with zero attached hydrogens (tertiary/aromatic N) is 2. The molecule has 0 aliphatic heterocycles. The van der Waals surface area contributed by atoms with Gasteiger partial charge in [0.15, 0.2) is 0 Å². The highest BCUT2D eigenvalue weighted by molar-refractivity contribution is 6.27. The number of rotatable bonds is 5. The number of carboxylic acid groups (broad SMARTS) is 2. The van der Waals surface area contributed by atoms with Crippen molar-refractivity contribution in [2.45, 2.75) is 12.3 Å². The quantitative estimate of drug-likeness (QED) is 0.818. The highest BCUT2D eigenvalue weighted by Gasteiger charge is 2.14. The highest BCUT2D eigenvalue weighted by Crippen LogP contribution is 2.26. The lowest BCUT2D eigenvalue weighted by Crippen LogP contribution is -2.17. The van der Waals surface area contributed by atoms with Crippen LogP contribution in [-0.2, 0) is 9.59 Å². The SMILES string of the molecule is CN(C)CC[C@@H](c1ccccc1)c1ccccn1.O=C(O)C(=O)O. The van der Waals surface area contributed by atoms with Crippen LogP contribution in [0.5, 0.6) is 0 Å². The van der Waals surface area contributed by atoms with Crippen molar-refractivity contribution in [3.8, 4) is 0 Å². The lowest BCUT2D eigenvalue weighted by Gasteiger charge is -2.19. The fourth-order valence-corrected chi connectivity index (χ4v) is 2.14. The van der Waals surface area contributed by atoms with E-state index in [4.69, 9.17) is 19.8 Å². The number of carbonyl (C=O) groups is 2. The molecule has 0 bridgehead atoms. The van der Waals surface area contributed by atoms with E-state index < -0.39 is 11.9 Å². The first kappa shape index (κ1) is 19.3. The third-order valence-corrected chi connectivity index (χ3v) is 3.29. The molecule has 0 aliphatic rings. The number of hydrogen-bond acceptors (Lipinski definition) is 4. The van der Waals surface area contributed by atoms with Crippen molar-refractivity contribution in [2.24, 2.45) is 0 Å². The Balaban J connectivity index is 0.000000413. The van der Waals surface area contributed by atoms with Crippen LogP contribution < -0.4 is 0 Å². The van der Waals surface area contributed by atoms with Crippen LogP contribution in [0.25, 0.3) is 0 Å². The van der Waals surface area contributed by atoms with Crippen molar-refractivity contribution in [3.05, 3.63) is 66.0 Å². The predicted octanol–water partition coefficient (Wildman–Crippen LogP) is 2.32. The second-order valence-electron chi connectivity index (χ2n) is 5.42. The normalized spacial score (nSPS) is 11.3. The molecule has 0 fully saturated rings. The predicted molar refractivity (Wildman–Crippen MR) is 91.0 cm³/mol. The first-order chi connectivity index (χ1) is 11.4. The molecule has 128 valence electrons. The molecule has 1 heterocycles. The zero-order chi connectivity index (χ0) is 17.9. The Labute approximate surface area is 141 Å². The number of benzene rings is 1. The molecule has 0 spiro atoms. The molecule has 6 nitrogen and oxygen atoms in total. The Hall–Kier alpha value is -2.73. The Bertz CT molecular complexity index is 578. The van der Waals surface area contributed by atoms with Gasteiger partial charge in [-0.05, 0) is 44.8 Å². The lowest BCUT2D eigenvalue weighted by molar-refractivity contribution is -0.159. The van der Waals surface area contributed by atoms with E-state index in [2.05, 4.69) is 66.4 Å². The monoisotopic (exact) mass is 330 g/mol. The van der Waals surface area contributed by atoms with Crippen LogP contribution in [0.15, 0.2) is 54.7 Å². The minimum atomic E-state index is -1.82. The van der Waals surface area contributed by atoms with Crippen LogP contribution in [0.1, 0.15) is 23.6 Å². The second-order valence-corrected chi connectivity index (χ2v) is 5.42. The largest absolute Gasteiger partial charge is 0.473 e. The maximum absolute atomic E-state index is 9.10. The maximum atomic E-state index is 9.10. The molecule has 0 saturated heterocycles. The standard InChI is InChI=1S/C16H20N2.C2H2O4/c1-18(2)13-11-15(14-8-4-3-5-9-14)16-10-6-7-12-17-16;3-1(4)2(5)6/h3-10,12,15H,11,13H2,1-2H3;(H,3,4)(H,5,6)/t15-;/m0./s1. The average Bonchev–Trinajstić information content (AvgIpc) is 2.57. The maximum Gasteiger partial charge on any atom is 0.414 e. The van der Waals surface area contributed by atoms with Crippen LogP contribution in [-0.4, -0.2) is 52.7 Å². The van der Waals surface area contributed by atoms with Crippen molar-refractivity contribution in [1.29, 1.82) is 0 Å². The summed E-state index contributed by atoms with van der Waals surface area (Å²) in [5.41, 5.74) is 2.50. The van der Waals surface area contributed by atoms with Gasteiger partial charge in [-0.2, -0.15) is 0 Å². The van der Waals surface area contributed by atoms with Gasteiger partial charge in [-0.25, -0.2) is 9.59 Å². The summed E-state index contributed by atoms with van der Waals surface area (Å²) in [6.45, 7) is 1.07. The Kier molecular flexibility index (Phi) is 8.15. The molecule has 0 aliphatic carbocycles. The van der Waals surface area contributed by atoms with Crippen molar-refractivity contribution < 1.29 is 19.8 Å². The molecular formula is C18H22N2O4. The second kappa shape index (κ2) is 10.1. The number of aliphatic carboxylic acids is 2. The minimum absolute atomic E-state index is 0.384. The number of aromatic nitrogens is 1. The van der Waals surface area contributed by atoms with E-state index in [1.165, 1.54) is 5.56 Å². The Morgan fingerprint density at radius 1 is 1.00 bits per heavy atom. The molecular weight excluding hydrogens is 308 g/mol. The van der Waals surface area contributed by atoms with Gasteiger partial charge >= 0.3 is 11.9 Å². The van der Waals surface area contributed by atoms with E-state index in [0.717, 1.165) is 18.7 Å². The summed E-state index contributed by atoms with van der Waals surface area (Å²) in [4.78, 5) is 24.9. The fourth-order valence-electron chi connectivity index (χ4n) is 2.14. The summed E-state index contributed by atoms with van der Waals surface area (Å²) in [6.07, 6.45) is 2.97. The smallest absolute Gasteiger partial charge is 0.414 e. The molecule has 0 amide bonds. The average molecular weight is 330 g/mol.